The summed E-state index contributed by atoms with van der Waals surface area (Å²) in [5.41, 5.74) is 0.968. The Morgan fingerprint density at radius 1 is 1.12 bits per heavy atom. The first-order valence-corrected chi connectivity index (χ1v) is 13.1. The van der Waals surface area contributed by atoms with E-state index in [2.05, 4.69) is 25.3 Å². The monoisotopic (exact) mass is 564 g/mol. The van der Waals surface area contributed by atoms with Crippen molar-refractivity contribution in [1.82, 2.24) is 29.8 Å². The summed E-state index contributed by atoms with van der Waals surface area (Å²) in [6.07, 6.45) is 6.39. The molecule has 0 spiro atoms. The fourth-order valence-corrected chi connectivity index (χ4v) is 5.41. The summed E-state index contributed by atoms with van der Waals surface area (Å²) in [7, 11) is 0. The predicted octanol–water partition coefficient (Wildman–Crippen LogP) is 5.28. The average molecular weight is 565 g/mol. The molecule has 1 fully saturated rings. The van der Waals surface area contributed by atoms with Gasteiger partial charge in [0.05, 0.1) is 23.1 Å². The number of halogens is 3. The van der Waals surface area contributed by atoms with Gasteiger partial charge in [0.15, 0.2) is 11.6 Å². The first-order valence-electron chi connectivity index (χ1n) is 12.7. The molecular formula is C29H27ClF2N6O2. The van der Waals surface area contributed by atoms with Crippen molar-refractivity contribution in [2.75, 3.05) is 0 Å². The lowest BCUT2D eigenvalue weighted by Crippen LogP contribution is -2.41. The van der Waals surface area contributed by atoms with Gasteiger partial charge in [0.25, 0.3) is 5.56 Å². The van der Waals surface area contributed by atoms with E-state index >= 15 is 4.39 Å². The van der Waals surface area contributed by atoms with Crippen LogP contribution in [0.4, 0.5) is 8.78 Å². The molecular weight excluding hydrogens is 538 g/mol. The fourth-order valence-electron chi connectivity index (χ4n) is 5.13. The summed E-state index contributed by atoms with van der Waals surface area (Å²) >= 11 is 6.60. The molecule has 2 atom stereocenters. The Kier molecular flexibility index (Phi) is 6.99. The SMILES string of the molecule is CC(=O)NC(C)(C)c1nccc(-c2ncc(C)c(-n3c(C)cc([C@@H]4CC4c4cncc(F)c4)c(Cl)c3=O)c2F)n1. The quantitative estimate of drug-likeness (QED) is 0.342. The van der Waals surface area contributed by atoms with Gasteiger partial charge in [-0.05, 0) is 80.8 Å². The molecule has 0 saturated heterocycles. The first kappa shape index (κ1) is 27.5. The van der Waals surface area contributed by atoms with E-state index in [1.165, 1.54) is 36.0 Å². The standard InChI is InChI=1S/C29H27ClF2N6O2/c1-14-11-35-25(22-6-7-34-28(36-22)29(4,5)37-16(3)39)24(32)26(14)38-15(2)8-21(23(30)27(38)40)20-10-19(20)17-9-18(31)13-33-12-17/h6-9,11-13,19-20H,10H2,1-5H3,(H,37,39)/t19?,20-/m1/s1. The highest BCUT2D eigenvalue weighted by Crippen LogP contribution is 2.55. The lowest BCUT2D eigenvalue weighted by molar-refractivity contribution is -0.120. The van der Waals surface area contributed by atoms with Crippen molar-refractivity contribution in [3.05, 3.63) is 98.2 Å². The number of pyridine rings is 3. The van der Waals surface area contributed by atoms with Crippen LogP contribution in [0.3, 0.4) is 0 Å². The van der Waals surface area contributed by atoms with E-state index in [1.807, 2.05) is 0 Å². The Hall–Kier alpha value is -4.05. The third-order valence-corrected chi connectivity index (χ3v) is 7.43. The zero-order chi connectivity index (χ0) is 28.9. The number of carbonyl (C=O) groups is 1. The van der Waals surface area contributed by atoms with Gasteiger partial charge >= 0.3 is 0 Å². The van der Waals surface area contributed by atoms with Crippen LogP contribution in [0.2, 0.25) is 5.02 Å². The molecule has 4 heterocycles. The number of nitrogens with zero attached hydrogens (tertiary/aromatic N) is 5. The maximum atomic E-state index is 16.2. The molecule has 1 unspecified atom stereocenters. The summed E-state index contributed by atoms with van der Waals surface area (Å²) in [6, 6.07) is 4.73. The van der Waals surface area contributed by atoms with Crippen molar-refractivity contribution in [3.63, 3.8) is 0 Å². The number of amides is 1. The van der Waals surface area contributed by atoms with Gasteiger partial charge in [0, 0.05) is 31.2 Å². The maximum Gasteiger partial charge on any atom is 0.274 e. The van der Waals surface area contributed by atoms with E-state index in [4.69, 9.17) is 11.6 Å². The molecule has 1 amide bonds. The minimum atomic E-state index is -0.912. The minimum absolute atomic E-state index is 0.00458. The van der Waals surface area contributed by atoms with E-state index in [0.717, 1.165) is 11.8 Å². The molecule has 5 rings (SSSR count). The Morgan fingerprint density at radius 2 is 1.88 bits per heavy atom. The number of carbonyl (C=O) groups excluding carboxylic acids is 1. The van der Waals surface area contributed by atoms with Gasteiger partial charge in [-0.25, -0.2) is 18.7 Å². The van der Waals surface area contributed by atoms with Gasteiger partial charge < -0.3 is 5.32 Å². The topological polar surface area (TPSA) is 103 Å². The Balaban J connectivity index is 1.56. The van der Waals surface area contributed by atoms with Crippen molar-refractivity contribution in [2.45, 2.75) is 58.4 Å². The predicted molar refractivity (Wildman–Crippen MR) is 146 cm³/mol. The summed E-state index contributed by atoms with van der Waals surface area (Å²) in [5, 5.41) is 2.76. The van der Waals surface area contributed by atoms with Gasteiger partial charge in [-0.2, -0.15) is 0 Å². The first-order chi connectivity index (χ1) is 18.9. The van der Waals surface area contributed by atoms with Crippen molar-refractivity contribution in [2.24, 2.45) is 0 Å². The van der Waals surface area contributed by atoms with Gasteiger partial charge in [0.1, 0.15) is 16.5 Å². The van der Waals surface area contributed by atoms with Crippen molar-refractivity contribution < 1.29 is 13.6 Å². The molecule has 0 bridgehead atoms. The second kappa shape index (κ2) is 10.2. The van der Waals surface area contributed by atoms with Crippen molar-refractivity contribution in [3.8, 4) is 17.1 Å². The molecule has 1 aliphatic rings. The molecule has 4 aromatic heterocycles. The van der Waals surface area contributed by atoms with Crippen LogP contribution < -0.4 is 10.9 Å². The molecule has 1 N–H and O–H groups in total. The summed E-state index contributed by atoms with van der Waals surface area (Å²) < 4.78 is 31.1. The normalized spacial score (nSPS) is 16.6. The lowest BCUT2D eigenvalue weighted by Gasteiger charge is -2.24. The smallest absolute Gasteiger partial charge is 0.274 e. The third kappa shape index (κ3) is 4.99. The zero-order valence-electron chi connectivity index (χ0n) is 22.6. The number of nitrogens with one attached hydrogen (secondary N) is 1. The van der Waals surface area contributed by atoms with E-state index < -0.39 is 22.7 Å². The number of aryl methyl sites for hydroxylation is 2. The number of hydrogen-bond acceptors (Lipinski definition) is 6. The van der Waals surface area contributed by atoms with Crippen LogP contribution >= 0.6 is 11.6 Å². The summed E-state index contributed by atoms with van der Waals surface area (Å²) in [6.45, 7) is 8.22. The highest BCUT2D eigenvalue weighted by molar-refractivity contribution is 6.31. The molecule has 11 heteroatoms. The van der Waals surface area contributed by atoms with Crippen LogP contribution in [0.25, 0.3) is 17.1 Å². The number of aromatic nitrogens is 5. The Bertz CT molecular complexity index is 1720. The van der Waals surface area contributed by atoms with Crippen LogP contribution in [-0.2, 0) is 10.3 Å². The van der Waals surface area contributed by atoms with Crippen molar-refractivity contribution in [1.29, 1.82) is 0 Å². The number of rotatable bonds is 6. The Morgan fingerprint density at radius 3 is 2.58 bits per heavy atom. The largest absolute Gasteiger partial charge is 0.344 e. The van der Waals surface area contributed by atoms with Gasteiger partial charge in [-0.15, -0.1) is 0 Å². The fraction of sp³-hybridized carbons (Fsp3) is 0.310. The number of hydrogen-bond donors (Lipinski definition) is 1. The van der Waals surface area contributed by atoms with Crippen LogP contribution in [0.5, 0.6) is 0 Å². The lowest BCUT2D eigenvalue weighted by atomic mass is 10.0. The van der Waals surface area contributed by atoms with E-state index in [-0.39, 0.29) is 45.7 Å². The zero-order valence-corrected chi connectivity index (χ0v) is 23.3. The van der Waals surface area contributed by atoms with Gasteiger partial charge in [-0.3, -0.25) is 24.1 Å². The molecule has 206 valence electrons. The molecule has 40 heavy (non-hydrogen) atoms. The molecule has 4 aromatic rings. The summed E-state index contributed by atoms with van der Waals surface area (Å²) in [5.74, 6) is -1.23. The van der Waals surface area contributed by atoms with Crippen molar-refractivity contribution >= 4 is 17.5 Å². The highest BCUT2D eigenvalue weighted by atomic mass is 35.5. The van der Waals surface area contributed by atoms with Crippen LogP contribution in [0.1, 0.15) is 67.2 Å². The third-order valence-electron chi connectivity index (χ3n) is 7.05. The summed E-state index contributed by atoms with van der Waals surface area (Å²) in [4.78, 5) is 42.1. The second-order valence-corrected chi connectivity index (χ2v) is 11.0. The molecule has 1 saturated carbocycles. The van der Waals surface area contributed by atoms with E-state index in [9.17, 15) is 14.0 Å². The molecule has 0 aromatic carbocycles. The van der Waals surface area contributed by atoms with E-state index in [0.29, 0.717) is 23.2 Å². The average Bonchev–Trinajstić information content (AvgIpc) is 3.68. The molecule has 1 aliphatic carbocycles. The van der Waals surface area contributed by atoms with Crippen LogP contribution in [0, 0.1) is 25.5 Å². The van der Waals surface area contributed by atoms with Gasteiger partial charge in [0.2, 0.25) is 5.91 Å². The van der Waals surface area contributed by atoms with Crippen LogP contribution in [-0.4, -0.2) is 30.4 Å². The minimum Gasteiger partial charge on any atom is -0.344 e. The second-order valence-electron chi connectivity index (χ2n) is 10.6. The molecule has 8 nitrogen and oxygen atoms in total. The Labute approximate surface area is 234 Å². The molecule has 0 radical (unpaired) electrons. The van der Waals surface area contributed by atoms with Crippen LogP contribution in [0.15, 0.2) is 47.8 Å². The van der Waals surface area contributed by atoms with E-state index in [1.54, 1.807) is 40.0 Å². The van der Waals surface area contributed by atoms with Gasteiger partial charge in [-0.1, -0.05) is 11.6 Å². The maximum absolute atomic E-state index is 16.2. The molecule has 0 aliphatic heterocycles. The highest BCUT2D eigenvalue weighted by Gasteiger charge is 2.42.